The van der Waals surface area contributed by atoms with Crippen molar-refractivity contribution >= 4 is 9.84 Å². The van der Waals surface area contributed by atoms with Crippen molar-refractivity contribution in [3.8, 4) is 0 Å². The Morgan fingerprint density at radius 2 is 2.00 bits per heavy atom. The van der Waals surface area contributed by atoms with Gasteiger partial charge in [0.2, 0.25) is 9.84 Å². The average molecular weight is 212 g/mol. The van der Waals surface area contributed by atoms with Crippen LogP contribution in [0, 0.1) is 0 Å². The standard InChI is InChI=1S/C10H12O3S/c1-8(2)14(12,13)10-6-4-3-5-9(10)7-11/h3-6,11H,1,7H2,2H3. The minimum atomic E-state index is -3.47. The van der Waals surface area contributed by atoms with Gasteiger partial charge in [-0.3, -0.25) is 0 Å². The van der Waals surface area contributed by atoms with E-state index >= 15 is 0 Å². The van der Waals surface area contributed by atoms with E-state index in [1.807, 2.05) is 0 Å². The van der Waals surface area contributed by atoms with E-state index in [0.717, 1.165) is 0 Å². The molecule has 14 heavy (non-hydrogen) atoms. The second kappa shape index (κ2) is 3.94. The molecule has 1 N–H and O–H groups in total. The summed E-state index contributed by atoms with van der Waals surface area (Å²) in [4.78, 5) is 0.216. The summed E-state index contributed by atoms with van der Waals surface area (Å²) < 4.78 is 23.4. The van der Waals surface area contributed by atoms with Crippen LogP contribution in [0.25, 0.3) is 0 Å². The van der Waals surface area contributed by atoms with Crippen molar-refractivity contribution in [3.63, 3.8) is 0 Å². The Labute approximate surface area is 83.6 Å². The van der Waals surface area contributed by atoms with E-state index in [0.29, 0.717) is 5.56 Å². The molecule has 1 aromatic carbocycles. The molecular formula is C10H12O3S. The molecule has 76 valence electrons. The van der Waals surface area contributed by atoms with Crippen LogP contribution in [-0.2, 0) is 16.4 Å². The third-order valence-corrected chi connectivity index (χ3v) is 3.79. The summed E-state index contributed by atoms with van der Waals surface area (Å²) in [5, 5.41) is 8.97. The minimum Gasteiger partial charge on any atom is -0.392 e. The summed E-state index contributed by atoms with van der Waals surface area (Å²) in [5.74, 6) is 0. The Balaban J connectivity index is 3.40. The number of benzene rings is 1. The van der Waals surface area contributed by atoms with Crippen LogP contribution < -0.4 is 0 Å². The summed E-state index contributed by atoms with van der Waals surface area (Å²) in [6, 6.07) is 6.35. The van der Waals surface area contributed by atoms with Crippen LogP contribution in [0.4, 0.5) is 0 Å². The zero-order valence-corrected chi connectivity index (χ0v) is 8.71. The van der Waals surface area contributed by atoms with E-state index in [9.17, 15) is 8.42 Å². The highest BCUT2D eigenvalue weighted by atomic mass is 32.2. The summed E-state index contributed by atoms with van der Waals surface area (Å²) in [7, 11) is -3.47. The highest BCUT2D eigenvalue weighted by molar-refractivity contribution is 7.95. The van der Waals surface area contributed by atoms with Gasteiger partial charge < -0.3 is 5.11 Å². The normalized spacial score (nSPS) is 11.3. The molecular weight excluding hydrogens is 200 g/mol. The number of allylic oxidation sites excluding steroid dienone is 1. The van der Waals surface area contributed by atoms with Crippen LogP contribution in [-0.4, -0.2) is 13.5 Å². The molecule has 0 aliphatic carbocycles. The van der Waals surface area contributed by atoms with Crippen LogP contribution in [0.3, 0.4) is 0 Å². The first kappa shape index (κ1) is 10.9. The highest BCUT2D eigenvalue weighted by Crippen LogP contribution is 2.21. The number of rotatable bonds is 3. The van der Waals surface area contributed by atoms with Crippen molar-refractivity contribution in [1.29, 1.82) is 0 Å². The molecule has 0 unspecified atom stereocenters. The van der Waals surface area contributed by atoms with E-state index in [1.165, 1.54) is 13.0 Å². The van der Waals surface area contributed by atoms with Gasteiger partial charge in [-0.2, -0.15) is 0 Å². The average Bonchev–Trinajstić information content (AvgIpc) is 2.17. The minimum absolute atomic E-state index is 0.0819. The molecule has 1 rings (SSSR count). The second-order valence-electron chi connectivity index (χ2n) is 2.97. The van der Waals surface area contributed by atoms with E-state index in [-0.39, 0.29) is 16.4 Å². The number of hydrogen-bond donors (Lipinski definition) is 1. The molecule has 0 radical (unpaired) electrons. The fraction of sp³-hybridized carbons (Fsp3) is 0.200. The third-order valence-electron chi connectivity index (χ3n) is 1.89. The van der Waals surface area contributed by atoms with Crippen molar-refractivity contribution in [2.45, 2.75) is 18.4 Å². The third kappa shape index (κ3) is 1.86. The zero-order valence-electron chi connectivity index (χ0n) is 7.90. The van der Waals surface area contributed by atoms with Crippen LogP contribution in [0.15, 0.2) is 40.6 Å². The van der Waals surface area contributed by atoms with E-state index in [4.69, 9.17) is 5.11 Å². The molecule has 0 aromatic heterocycles. The molecule has 0 bridgehead atoms. The molecule has 0 saturated heterocycles. The van der Waals surface area contributed by atoms with E-state index in [2.05, 4.69) is 6.58 Å². The first-order chi connectivity index (χ1) is 6.50. The fourth-order valence-electron chi connectivity index (χ4n) is 1.08. The lowest BCUT2D eigenvalue weighted by molar-refractivity contribution is 0.278. The van der Waals surface area contributed by atoms with Gasteiger partial charge in [0.15, 0.2) is 0 Å². The van der Waals surface area contributed by atoms with Gasteiger partial charge in [-0.1, -0.05) is 24.8 Å². The summed E-state index contributed by atoms with van der Waals surface area (Å²) in [5.41, 5.74) is 0.399. The van der Waals surface area contributed by atoms with Crippen LogP contribution in [0.2, 0.25) is 0 Å². The summed E-state index contributed by atoms with van der Waals surface area (Å²) in [6.45, 7) is 4.55. The summed E-state index contributed by atoms with van der Waals surface area (Å²) in [6.07, 6.45) is 0. The fourth-order valence-corrected chi connectivity index (χ4v) is 2.20. The molecule has 4 heteroatoms. The van der Waals surface area contributed by atoms with E-state index in [1.54, 1.807) is 18.2 Å². The predicted octanol–water partition coefficient (Wildman–Crippen LogP) is 1.49. The molecule has 3 nitrogen and oxygen atoms in total. The maximum absolute atomic E-state index is 11.7. The van der Waals surface area contributed by atoms with Crippen LogP contribution >= 0.6 is 0 Å². The van der Waals surface area contributed by atoms with Crippen LogP contribution in [0.5, 0.6) is 0 Å². The first-order valence-electron chi connectivity index (χ1n) is 4.09. The Bertz CT molecular complexity index is 446. The smallest absolute Gasteiger partial charge is 0.202 e. The van der Waals surface area contributed by atoms with Gasteiger partial charge >= 0.3 is 0 Å². The molecule has 0 aliphatic rings. The topological polar surface area (TPSA) is 54.4 Å². The van der Waals surface area contributed by atoms with Gasteiger partial charge in [0.25, 0.3) is 0 Å². The lowest BCUT2D eigenvalue weighted by Gasteiger charge is -2.07. The molecule has 0 fully saturated rings. The Morgan fingerprint density at radius 3 is 2.50 bits per heavy atom. The molecule has 0 amide bonds. The van der Waals surface area contributed by atoms with Crippen molar-refractivity contribution < 1.29 is 13.5 Å². The Kier molecular flexibility index (Phi) is 3.08. The van der Waals surface area contributed by atoms with Gasteiger partial charge in [-0.25, -0.2) is 8.42 Å². The predicted molar refractivity (Wildman–Crippen MR) is 54.4 cm³/mol. The maximum Gasteiger partial charge on any atom is 0.202 e. The Morgan fingerprint density at radius 1 is 1.43 bits per heavy atom. The van der Waals surface area contributed by atoms with Gasteiger partial charge in [-0.15, -0.1) is 0 Å². The van der Waals surface area contributed by atoms with Crippen LogP contribution in [0.1, 0.15) is 12.5 Å². The van der Waals surface area contributed by atoms with Gasteiger partial charge in [0.1, 0.15) is 0 Å². The maximum atomic E-state index is 11.7. The Hall–Kier alpha value is -1.13. The van der Waals surface area contributed by atoms with Gasteiger partial charge in [0.05, 0.1) is 11.5 Å². The van der Waals surface area contributed by atoms with Crippen molar-refractivity contribution in [2.24, 2.45) is 0 Å². The SMILES string of the molecule is C=C(C)S(=O)(=O)c1ccccc1CO. The molecule has 0 atom stereocenters. The molecule has 0 saturated carbocycles. The van der Waals surface area contributed by atoms with E-state index < -0.39 is 9.84 Å². The summed E-state index contributed by atoms with van der Waals surface area (Å²) >= 11 is 0. The highest BCUT2D eigenvalue weighted by Gasteiger charge is 2.18. The number of aliphatic hydroxyl groups excluding tert-OH is 1. The molecule has 0 spiro atoms. The lowest BCUT2D eigenvalue weighted by Crippen LogP contribution is -2.05. The zero-order chi connectivity index (χ0) is 10.8. The first-order valence-corrected chi connectivity index (χ1v) is 5.58. The molecule has 0 aliphatic heterocycles. The number of hydrogen-bond acceptors (Lipinski definition) is 3. The van der Waals surface area contributed by atoms with Crippen molar-refractivity contribution in [1.82, 2.24) is 0 Å². The lowest BCUT2D eigenvalue weighted by atomic mass is 10.2. The molecule has 0 heterocycles. The second-order valence-corrected chi connectivity index (χ2v) is 5.11. The van der Waals surface area contributed by atoms with Crippen molar-refractivity contribution in [3.05, 3.63) is 41.3 Å². The number of aliphatic hydroxyl groups is 1. The monoisotopic (exact) mass is 212 g/mol. The van der Waals surface area contributed by atoms with Crippen molar-refractivity contribution in [2.75, 3.05) is 0 Å². The largest absolute Gasteiger partial charge is 0.392 e. The van der Waals surface area contributed by atoms with Gasteiger partial charge in [0, 0.05) is 4.91 Å². The quantitative estimate of drug-likeness (QED) is 0.825. The number of sulfone groups is 1. The molecule has 1 aromatic rings. The van der Waals surface area contributed by atoms with Gasteiger partial charge in [-0.05, 0) is 18.6 Å².